The third-order valence-corrected chi connectivity index (χ3v) is 5.60. The standard InChI is InChI=1S/C16H15Br2IO2/c1-20-8-9-21-15-7-6-11(10-13(15)17)16(18)12-4-2-3-5-14(12)19/h2-7,10,16H,8-9H2,1H3. The van der Waals surface area contributed by atoms with E-state index in [0.717, 1.165) is 10.2 Å². The van der Waals surface area contributed by atoms with Gasteiger partial charge in [0.15, 0.2) is 0 Å². The van der Waals surface area contributed by atoms with Crippen LogP contribution in [0.5, 0.6) is 5.75 Å². The van der Waals surface area contributed by atoms with E-state index in [1.165, 1.54) is 14.7 Å². The van der Waals surface area contributed by atoms with E-state index in [1.54, 1.807) is 7.11 Å². The maximum atomic E-state index is 5.65. The van der Waals surface area contributed by atoms with Crippen LogP contribution in [0.2, 0.25) is 0 Å². The highest BCUT2D eigenvalue weighted by atomic mass is 127. The van der Waals surface area contributed by atoms with Gasteiger partial charge in [0.25, 0.3) is 0 Å². The normalized spacial score (nSPS) is 12.2. The summed E-state index contributed by atoms with van der Waals surface area (Å²) in [5.41, 5.74) is 2.45. The molecule has 0 aliphatic rings. The second kappa shape index (κ2) is 8.50. The van der Waals surface area contributed by atoms with E-state index in [9.17, 15) is 0 Å². The molecule has 0 fully saturated rings. The lowest BCUT2D eigenvalue weighted by Crippen LogP contribution is -2.05. The lowest BCUT2D eigenvalue weighted by Gasteiger charge is -2.15. The Morgan fingerprint density at radius 3 is 2.57 bits per heavy atom. The molecule has 0 saturated heterocycles. The second-order valence-electron chi connectivity index (χ2n) is 4.42. The summed E-state index contributed by atoms with van der Waals surface area (Å²) < 4.78 is 12.8. The van der Waals surface area contributed by atoms with Crippen LogP contribution in [0.3, 0.4) is 0 Å². The van der Waals surface area contributed by atoms with Gasteiger partial charge in [-0.25, -0.2) is 0 Å². The molecule has 2 aromatic rings. The SMILES string of the molecule is COCCOc1ccc(C(Br)c2ccccc2I)cc1Br. The molecule has 2 aromatic carbocycles. The first-order valence-electron chi connectivity index (χ1n) is 6.43. The summed E-state index contributed by atoms with van der Waals surface area (Å²) in [5.74, 6) is 0.832. The minimum atomic E-state index is 0.162. The molecule has 0 heterocycles. The number of hydrogen-bond donors (Lipinski definition) is 0. The Balaban J connectivity index is 2.18. The van der Waals surface area contributed by atoms with Gasteiger partial charge in [-0.15, -0.1) is 0 Å². The van der Waals surface area contributed by atoms with E-state index < -0.39 is 0 Å². The first-order valence-corrected chi connectivity index (χ1v) is 9.22. The molecule has 1 atom stereocenters. The van der Waals surface area contributed by atoms with Crippen molar-refractivity contribution in [3.05, 3.63) is 61.6 Å². The van der Waals surface area contributed by atoms with Crippen molar-refractivity contribution in [3.8, 4) is 5.75 Å². The van der Waals surface area contributed by atoms with Crippen molar-refractivity contribution in [2.75, 3.05) is 20.3 Å². The van der Waals surface area contributed by atoms with Crippen LogP contribution in [-0.2, 0) is 4.74 Å². The van der Waals surface area contributed by atoms with Crippen molar-refractivity contribution in [2.24, 2.45) is 0 Å². The molecule has 0 aliphatic carbocycles. The predicted molar refractivity (Wildman–Crippen MR) is 101 cm³/mol. The van der Waals surface area contributed by atoms with Gasteiger partial charge in [0.1, 0.15) is 12.4 Å². The third-order valence-electron chi connectivity index (χ3n) is 2.97. The van der Waals surface area contributed by atoms with Gasteiger partial charge < -0.3 is 9.47 Å². The Bertz CT molecular complexity index is 605. The quantitative estimate of drug-likeness (QED) is 0.279. The maximum Gasteiger partial charge on any atom is 0.133 e. The molecule has 21 heavy (non-hydrogen) atoms. The molecule has 1 unspecified atom stereocenters. The Hall–Kier alpha value is -0.110. The van der Waals surface area contributed by atoms with Gasteiger partial charge in [-0.05, 0) is 67.8 Å². The molecule has 0 amide bonds. The molecule has 2 nitrogen and oxygen atoms in total. The number of halogens is 3. The summed E-state index contributed by atoms with van der Waals surface area (Å²) >= 11 is 9.71. The number of alkyl halides is 1. The Morgan fingerprint density at radius 2 is 1.90 bits per heavy atom. The van der Waals surface area contributed by atoms with Crippen molar-refractivity contribution in [3.63, 3.8) is 0 Å². The summed E-state index contributed by atoms with van der Waals surface area (Å²) in [5, 5.41) is 0. The van der Waals surface area contributed by atoms with Crippen LogP contribution in [0.25, 0.3) is 0 Å². The number of methoxy groups -OCH3 is 1. The fourth-order valence-corrected chi connectivity index (χ4v) is 4.21. The molecule has 0 bridgehead atoms. The van der Waals surface area contributed by atoms with Gasteiger partial charge >= 0.3 is 0 Å². The molecule has 0 aromatic heterocycles. The highest BCUT2D eigenvalue weighted by Gasteiger charge is 2.14. The van der Waals surface area contributed by atoms with Gasteiger partial charge in [0, 0.05) is 10.7 Å². The Kier molecular flexibility index (Phi) is 6.98. The van der Waals surface area contributed by atoms with E-state index in [-0.39, 0.29) is 4.83 Å². The van der Waals surface area contributed by atoms with Crippen LogP contribution in [0, 0.1) is 3.57 Å². The van der Waals surface area contributed by atoms with Crippen LogP contribution >= 0.6 is 54.5 Å². The Labute approximate surface area is 155 Å². The molecule has 0 N–H and O–H groups in total. The van der Waals surface area contributed by atoms with Crippen LogP contribution < -0.4 is 4.74 Å². The topological polar surface area (TPSA) is 18.5 Å². The van der Waals surface area contributed by atoms with E-state index in [2.05, 4.69) is 84.8 Å². The summed E-state index contributed by atoms with van der Waals surface area (Å²) in [6, 6.07) is 14.5. The fourth-order valence-electron chi connectivity index (χ4n) is 1.89. The highest BCUT2D eigenvalue weighted by Crippen LogP contribution is 2.37. The van der Waals surface area contributed by atoms with Crippen LogP contribution in [-0.4, -0.2) is 20.3 Å². The number of ether oxygens (including phenoxy) is 2. The largest absolute Gasteiger partial charge is 0.490 e. The van der Waals surface area contributed by atoms with Gasteiger partial charge in [-0.1, -0.05) is 40.2 Å². The number of rotatable bonds is 6. The van der Waals surface area contributed by atoms with E-state index in [4.69, 9.17) is 9.47 Å². The molecule has 2 rings (SSSR count). The zero-order valence-electron chi connectivity index (χ0n) is 11.5. The number of hydrogen-bond acceptors (Lipinski definition) is 2. The van der Waals surface area contributed by atoms with Crippen LogP contribution in [0.15, 0.2) is 46.9 Å². The smallest absolute Gasteiger partial charge is 0.133 e. The molecule has 5 heteroatoms. The molecule has 0 aliphatic heterocycles. The van der Waals surface area contributed by atoms with Gasteiger partial charge in [-0.3, -0.25) is 0 Å². The minimum Gasteiger partial charge on any atom is -0.490 e. The molecular weight excluding hydrogens is 511 g/mol. The molecule has 0 saturated carbocycles. The summed E-state index contributed by atoms with van der Waals surface area (Å²) in [4.78, 5) is 0.162. The predicted octanol–water partition coefficient (Wildman–Crippen LogP) is 5.56. The van der Waals surface area contributed by atoms with Crippen molar-refractivity contribution < 1.29 is 9.47 Å². The van der Waals surface area contributed by atoms with E-state index >= 15 is 0 Å². The molecule has 0 spiro atoms. The Morgan fingerprint density at radius 1 is 1.14 bits per heavy atom. The lowest BCUT2D eigenvalue weighted by atomic mass is 10.0. The highest BCUT2D eigenvalue weighted by molar-refractivity contribution is 14.1. The number of benzene rings is 2. The van der Waals surface area contributed by atoms with Crippen molar-refractivity contribution in [2.45, 2.75) is 4.83 Å². The lowest BCUT2D eigenvalue weighted by molar-refractivity contribution is 0.146. The summed E-state index contributed by atoms with van der Waals surface area (Å²) in [7, 11) is 1.67. The fraction of sp³-hybridized carbons (Fsp3) is 0.250. The molecular formula is C16H15Br2IO2. The molecule has 0 radical (unpaired) electrons. The average molecular weight is 526 g/mol. The van der Waals surface area contributed by atoms with Crippen LogP contribution in [0.1, 0.15) is 16.0 Å². The van der Waals surface area contributed by atoms with Gasteiger partial charge in [0.2, 0.25) is 0 Å². The monoisotopic (exact) mass is 524 g/mol. The van der Waals surface area contributed by atoms with Crippen molar-refractivity contribution in [1.29, 1.82) is 0 Å². The first kappa shape index (κ1) is 17.2. The van der Waals surface area contributed by atoms with Crippen molar-refractivity contribution >= 4 is 54.5 Å². The second-order valence-corrected chi connectivity index (χ2v) is 7.35. The first-order chi connectivity index (χ1) is 10.1. The van der Waals surface area contributed by atoms with E-state index in [1.807, 2.05) is 12.1 Å². The minimum absolute atomic E-state index is 0.162. The van der Waals surface area contributed by atoms with Gasteiger partial charge in [0.05, 0.1) is 15.9 Å². The molecule has 112 valence electrons. The average Bonchev–Trinajstić information content (AvgIpc) is 2.49. The van der Waals surface area contributed by atoms with Crippen LogP contribution in [0.4, 0.5) is 0 Å². The third kappa shape index (κ3) is 4.68. The maximum absolute atomic E-state index is 5.65. The summed E-state index contributed by atoms with van der Waals surface area (Å²) in [6.07, 6.45) is 0. The van der Waals surface area contributed by atoms with E-state index in [0.29, 0.717) is 13.2 Å². The van der Waals surface area contributed by atoms with Crippen molar-refractivity contribution in [1.82, 2.24) is 0 Å². The summed E-state index contributed by atoms with van der Waals surface area (Å²) in [6.45, 7) is 1.13. The van der Waals surface area contributed by atoms with Gasteiger partial charge in [-0.2, -0.15) is 0 Å². The zero-order valence-corrected chi connectivity index (χ0v) is 16.8. The zero-order chi connectivity index (χ0) is 15.2.